The van der Waals surface area contributed by atoms with Crippen molar-refractivity contribution in [2.24, 2.45) is 23.7 Å². The summed E-state index contributed by atoms with van der Waals surface area (Å²) >= 11 is 0. The maximum absolute atomic E-state index is 14.9. The normalized spacial score (nSPS) is 29.4. The molecule has 1 saturated heterocycles. The predicted octanol–water partition coefficient (Wildman–Crippen LogP) is 5.09. The number of rotatable bonds is 4. The Morgan fingerprint density at radius 1 is 0.941 bits per heavy atom. The number of methoxy groups -OCH3 is 1. The van der Waals surface area contributed by atoms with Crippen LogP contribution in [-0.2, 0) is 19.0 Å². The van der Waals surface area contributed by atoms with Gasteiger partial charge in [0.2, 0.25) is 10.9 Å². The number of carbonyl (C=O) groups is 2. The van der Waals surface area contributed by atoms with E-state index in [1.165, 1.54) is 52.4 Å². The highest BCUT2D eigenvalue weighted by atomic mass is 16.7. The third-order valence-corrected chi connectivity index (χ3v) is 13.7. The topological polar surface area (TPSA) is 260 Å². The highest BCUT2D eigenvalue weighted by Gasteiger charge is 2.44. The van der Waals surface area contributed by atoms with Gasteiger partial charge in [0, 0.05) is 91.2 Å². The molecule has 0 aliphatic carbocycles. The molecule has 9 atom stereocenters. The van der Waals surface area contributed by atoms with Crippen molar-refractivity contribution in [3.63, 3.8) is 0 Å². The number of aliphatic hydroxyl groups excluding tert-OH is 4. The van der Waals surface area contributed by atoms with E-state index in [2.05, 4.69) is 10.6 Å². The average molecular weight is 943 g/mol. The summed E-state index contributed by atoms with van der Waals surface area (Å²) in [7, 11) is 1.44. The number of hydrogen-bond acceptors (Lipinski definition) is 16. The molecule has 3 aliphatic rings. The Labute approximate surface area is 392 Å². The van der Waals surface area contributed by atoms with Gasteiger partial charge in [-0.2, -0.15) is 0 Å². The van der Waals surface area contributed by atoms with Crippen LogP contribution in [0.5, 0.6) is 11.5 Å². The van der Waals surface area contributed by atoms with Crippen LogP contribution in [0.15, 0.2) is 62.3 Å². The van der Waals surface area contributed by atoms with Crippen LogP contribution in [0.2, 0.25) is 0 Å². The van der Waals surface area contributed by atoms with Gasteiger partial charge < -0.3 is 64.4 Å². The number of ether oxygens (including phenoxy) is 4. The Hall–Kier alpha value is -6.21. The molecule has 4 heterocycles. The lowest BCUT2D eigenvalue weighted by Gasteiger charge is -2.36. The van der Waals surface area contributed by atoms with Crippen LogP contribution >= 0.6 is 0 Å². The van der Waals surface area contributed by atoms with Gasteiger partial charge in [-0.1, -0.05) is 45.9 Å². The monoisotopic (exact) mass is 942 g/mol. The first-order chi connectivity index (χ1) is 32.1. The van der Waals surface area contributed by atoms with Crippen LogP contribution in [-0.4, -0.2) is 105 Å². The molecule has 4 aromatic rings. The van der Waals surface area contributed by atoms with E-state index in [4.69, 9.17) is 28.3 Å². The van der Waals surface area contributed by atoms with E-state index in [1.807, 2.05) is 4.90 Å². The fraction of sp³-hybridized carbons (Fsp3) is 0.500. The summed E-state index contributed by atoms with van der Waals surface area (Å²) in [4.78, 5) is 61.9. The van der Waals surface area contributed by atoms with Gasteiger partial charge in [-0.3, -0.25) is 14.4 Å². The molecule has 7 N–H and O–H groups in total. The second-order valence-corrected chi connectivity index (χ2v) is 18.8. The third kappa shape index (κ3) is 9.21. The van der Waals surface area contributed by atoms with Gasteiger partial charge in [-0.15, -0.1) is 0 Å². The van der Waals surface area contributed by atoms with Crippen molar-refractivity contribution in [1.82, 2.24) is 10.3 Å². The van der Waals surface area contributed by atoms with E-state index in [-0.39, 0.29) is 67.2 Å². The Balaban J connectivity index is 1.42. The minimum atomic E-state index is -1.98. The summed E-state index contributed by atoms with van der Waals surface area (Å²) in [5.41, 5.74) is -1.80. The highest BCUT2D eigenvalue weighted by molar-refractivity contribution is 6.16. The number of phenolic OH excluding ortho intramolecular Hbond substituents is 1. The lowest BCUT2D eigenvalue weighted by atomic mass is 9.78. The Kier molecular flexibility index (Phi) is 14.2. The fourth-order valence-electron chi connectivity index (χ4n) is 9.36. The van der Waals surface area contributed by atoms with Crippen molar-refractivity contribution >= 4 is 62.1 Å². The van der Waals surface area contributed by atoms with Crippen LogP contribution in [0, 0.1) is 30.6 Å². The fourth-order valence-corrected chi connectivity index (χ4v) is 9.36. The summed E-state index contributed by atoms with van der Waals surface area (Å²) in [6.45, 7) is 15.7. The maximum atomic E-state index is 14.9. The first kappa shape index (κ1) is 49.7. The molecule has 3 aliphatic heterocycles. The van der Waals surface area contributed by atoms with E-state index in [1.54, 1.807) is 59.8 Å². The molecule has 18 heteroatoms. The molecule has 0 unspecified atom stereocenters. The Morgan fingerprint density at radius 3 is 2.26 bits per heavy atom. The Bertz CT molecular complexity index is 2900. The molecular formula is C50H62N4O14. The Morgan fingerprint density at radius 2 is 1.60 bits per heavy atom. The molecule has 0 radical (unpaired) electrons. The number of aliphatic hydroxyl groups is 4. The number of piperidine rings is 1. The second-order valence-electron chi connectivity index (χ2n) is 18.8. The zero-order valence-electron chi connectivity index (χ0n) is 39.9. The molecule has 7 rings (SSSR count). The van der Waals surface area contributed by atoms with E-state index >= 15 is 0 Å². The predicted molar refractivity (Wildman–Crippen MR) is 255 cm³/mol. The summed E-state index contributed by atoms with van der Waals surface area (Å²) in [5.74, 6) is -6.41. The number of allylic oxidation sites excluding steroid dienone is 2. The number of phenols is 1. The van der Waals surface area contributed by atoms with Crippen molar-refractivity contribution in [1.29, 1.82) is 0 Å². The summed E-state index contributed by atoms with van der Waals surface area (Å²) in [6.07, 6.45) is 3.66. The number of aromatic hydroxyl groups is 1. The first-order valence-electron chi connectivity index (χ1n) is 22.9. The smallest absolute Gasteiger partial charge is 0.407 e. The SMILES string of the molecule is CO[C@H]1/C=C/O[C@@]2(C)Oc3c(C)c(O)c4c(=O)c(c5oc6cc(N7CCC(NC(=O)OC(C)C)CC7)cc(=O)c6nc5c4c3=C2O)NC(=O)/C(C)=C\C=C\[C@H](C)[C@H](O)[C@@H](C)[C@@H](O)[C@@H](C)[C@H](O)[C@@H]1C. The number of nitrogens with one attached hydrogen (secondary N) is 2. The standard InChI is InChI=1S/C50H62N4O14/c1-22(2)66-49(63)51-29-14-17-54(18-15-29)30-20-31(55)37-33(21-30)67-46-38(52-37)34-35-43(59)28(8)45-36(34)47(61)50(9,68-45)65-19-16-32(64-10)25(5)41(57)27(7)42(58)26(6)40(56)23(3)12-11-13-24(4)48(62)53-39(46)44(35)60/h11-13,16,19-23,25-27,29,32,40-42,56-59,61H,14-15,17-18H2,1-10H3,(H,51,63)(H,53,62)/b12-11+,19-16+,24-13-/t23-,25+,26+,27-,32-,40-,41+,42+,50-/m0/s1. The molecule has 3 aromatic carbocycles. The van der Waals surface area contributed by atoms with Crippen LogP contribution in [0.3, 0.4) is 0 Å². The van der Waals surface area contributed by atoms with Gasteiger partial charge in [-0.05, 0) is 46.6 Å². The number of benzene rings is 3. The molecule has 366 valence electrons. The molecular weight excluding hydrogens is 881 g/mol. The number of aromatic nitrogens is 1. The van der Waals surface area contributed by atoms with Gasteiger partial charge in [0.15, 0.2) is 22.4 Å². The number of anilines is 2. The quantitative estimate of drug-likeness (QED) is 0.104. The van der Waals surface area contributed by atoms with Gasteiger partial charge in [-0.25, -0.2) is 9.78 Å². The number of carbonyl (C=O) groups excluding carboxylic acids is 2. The van der Waals surface area contributed by atoms with E-state index in [0.29, 0.717) is 31.6 Å². The number of hydrogen-bond donors (Lipinski definition) is 7. The number of fused-ring (bicyclic) bond motifs is 2. The first-order valence-corrected chi connectivity index (χ1v) is 22.9. The molecule has 0 spiro atoms. The molecule has 1 aromatic heterocycles. The van der Waals surface area contributed by atoms with E-state index < -0.39 is 93.9 Å². The molecule has 18 nitrogen and oxygen atoms in total. The van der Waals surface area contributed by atoms with Crippen LogP contribution in [0.1, 0.15) is 73.8 Å². The van der Waals surface area contributed by atoms with E-state index in [0.717, 1.165) is 0 Å². The second kappa shape index (κ2) is 19.4. The number of nitrogens with zero attached hydrogens (tertiary/aromatic N) is 2. The zero-order valence-corrected chi connectivity index (χ0v) is 39.9. The lowest BCUT2D eigenvalue weighted by Crippen LogP contribution is -2.45. The minimum Gasteiger partial charge on any atom is -0.507 e. The number of amides is 2. The lowest BCUT2D eigenvalue weighted by molar-refractivity contribution is -0.112. The zero-order chi connectivity index (χ0) is 49.7. The molecule has 68 heavy (non-hydrogen) atoms. The van der Waals surface area contributed by atoms with Crippen molar-refractivity contribution in [3.8, 4) is 11.5 Å². The minimum absolute atomic E-state index is 0.0255. The summed E-state index contributed by atoms with van der Waals surface area (Å²) in [5, 5.41) is 63.0. The van der Waals surface area contributed by atoms with Gasteiger partial charge in [0.05, 0.1) is 47.4 Å². The van der Waals surface area contributed by atoms with Gasteiger partial charge in [0.25, 0.3) is 5.91 Å². The van der Waals surface area contributed by atoms with Crippen LogP contribution in [0.25, 0.3) is 38.7 Å². The average Bonchev–Trinajstić information content (AvgIpc) is 3.56. The summed E-state index contributed by atoms with van der Waals surface area (Å²) in [6, 6.07) is 2.85. The molecule has 2 amide bonds. The molecule has 4 bridgehead atoms. The van der Waals surface area contributed by atoms with Crippen molar-refractivity contribution in [3.05, 3.63) is 79.5 Å². The molecule has 0 saturated carbocycles. The van der Waals surface area contributed by atoms with E-state index in [9.17, 15) is 44.7 Å². The van der Waals surface area contributed by atoms with Crippen LogP contribution < -0.4 is 36.3 Å². The summed E-state index contributed by atoms with van der Waals surface area (Å²) < 4.78 is 29.7. The highest BCUT2D eigenvalue weighted by Crippen LogP contribution is 2.42. The van der Waals surface area contributed by atoms with Crippen molar-refractivity contribution in [2.45, 2.75) is 118 Å². The van der Waals surface area contributed by atoms with Crippen molar-refractivity contribution < 1.29 is 58.5 Å². The van der Waals surface area contributed by atoms with Gasteiger partial charge >= 0.3 is 11.9 Å². The third-order valence-electron chi connectivity index (χ3n) is 13.7. The van der Waals surface area contributed by atoms with Crippen molar-refractivity contribution in [2.75, 3.05) is 30.4 Å². The molecule has 1 fully saturated rings. The van der Waals surface area contributed by atoms with Gasteiger partial charge in [0.1, 0.15) is 22.7 Å². The maximum Gasteiger partial charge on any atom is 0.407 e. The largest absolute Gasteiger partial charge is 0.507 e. The van der Waals surface area contributed by atoms with Crippen LogP contribution in [0.4, 0.5) is 16.2 Å². The number of alkyl carbamates (subject to hydrolysis) is 1.